The summed E-state index contributed by atoms with van der Waals surface area (Å²) in [6, 6.07) is 0. The Morgan fingerprint density at radius 3 is 2.31 bits per heavy atom. The lowest BCUT2D eigenvalue weighted by Crippen LogP contribution is -2.30. The molecule has 2 fully saturated rings. The van der Waals surface area contributed by atoms with Gasteiger partial charge in [0.1, 0.15) is 6.10 Å². The number of fused-ring (bicyclic) bond motifs is 1. The van der Waals surface area contributed by atoms with Gasteiger partial charge in [0, 0.05) is 5.92 Å². The Kier molecular flexibility index (Phi) is 2.33. The fourth-order valence-corrected chi connectivity index (χ4v) is 3.51. The van der Waals surface area contributed by atoms with E-state index in [9.17, 15) is 4.79 Å². The Morgan fingerprint density at radius 1 is 1.54 bits per heavy atom. The molecule has 0 N–H and O–H groups in total. The largest absolute Gasteiger partial charge is 0.459 e. The van der Waals surface area contributed by atoms with E-state index >= 15 is 0 Å². The summed E-state index contributed by atoms with van der Waals surface area (Å²) in [6.07, 6.45) is -0.0550. The Morgan fingerprint density at radius 2 is 2.08 bits per heavy atom. The van der Waals surface area contributed by atoms with Gasteiger partial charge in [-0.15, -0.1) is 0 Å². The number of cyclic esters (lactones) is 1. The molecule has 0 radical (unpaired) electrons. The van der Waals surface area contributed by atoms with Crippen LogP contribution >= 0.6 is 54.5 Å². The molecule has 3 atom stereocenters. The van der Waals surface area contributed by atoms with E-state index in [1.807, 2.05) is 0 Å². The van der Waals surface area contributed by atoms with Gasteiger partial charge in [-0.1, -0.05) is 45.7 Å². The van der Waals surface area contributed by atoms with Crippen LogP contribution in [0.1, 0.15) is 13.8 Å². The van der Waals surface area contributed by atoms with Gasteiger partial charge in [0.15, 0.2) is 1.24 Å². The highest BCUT2D eigenvalue weighted by molar-refractivity contribution is 14.1. The first-order chi connectivity index (χ1) is 5.76. The number of carbonyl (C=O) groups excluding carboxylic acids is 1. The number of halogens is 3. The minimum absolute atomic E-state index is 0.0417. The van der Waals surface area contributed by atoms with E-state index < -0.39 is 0 Å². The van der Waals surface area contributed by atoms with Crippen LogP contribution in [0.4, 0.5) is 0 Å². The number of ether oxygens (including phenoxy) is 1. The van der Waals surface area contributed by atoms with E-state index in [2.05, 4.69) is 68.3 Å². The van der Waals surface area contributed by atoms with Gasteiger partial charge in [0.2, 0.25) is 0 Å². The molecular weight excluding hydrogens is 415 g/mol. The quantitative estimate of drug-likeness (QED) is 0.368. The van der Waals surface area contributed by atoms with E-state index in [1.165, 1.54) is 0 Å². The summed E-state index contributed by atoms with van der Waals surface area (Å²) < 4.78 is 4.96. The molecule has 0 aromatic heterocycles. The van der Waals surface area contributed by atoms with Gasteiger partial charge < -0.3 is 4.74 Å². The van der Waals surface area contributed by atoms with Crippen molar-refractivity contribution in [2.75, 3.05) is 0 Å². The van der Waals surface area contributed by atoms with Crippen LogP contribution in [0.2, 0.25) is 0 Å². The summed E-state index contributed by atoms with van der Waals surface area (Å²) in [4.78, 5) is 11.4. The van der Waals surface area contributed by atoms with Crippen LogP contribution in [0.25, 0.3) is 0 Å². The Hall–Kier alpha value is 1.16. The third-order valence-electron chi connectivity index (χ3n) is 3.06. The third-order valence-corrected chi connectivity index (χ3v) is 4.57. The van der Waals surface area contributed by atoms with Crippen LogP contribution in [-0.2, 0) is 9.53 Å². The molecule has 1 aliphatic carbocycles. The lowest BCUT2D eigenvalue weighted by atomic mass is 10.1. The van der Waals surface area contributed by atoms with Crippen LogP contribution in [0, 0.1) is 17.3 Å². The lowest BCUT2D eigenvalue weighted by molar-refractivity contribution is -0.146. The first-order valence-electron chi connectivity index (χ1n) is 4.03. The molecule has 2 aliphatic rings. The molecule has 0 aromatic rings. The summed E-state index contributed by atoms with van der Waals surface area (Å²) in [5.41, 5.74) is 0.123. The van der Waals surface area contributed by atoms with Gasteiger partial charge in [-0.05, 0) is 28.0 Å². The molecule has 1 heterocycles. The van der Waals surface area contributed by atoms with Crippen molar-refractivity contribution in [3.63, 3.8) is 0 Å². The molecule has 1 unspecified atom stereocenters. The van der Waals surface area contributed by atoms with Gasteiger partial charge in [-0.3, -0.25) is 4.79 Å². The van der Waals surface area contributed by atoms with Gasteiger partial charge in [-0.2, -0.15) is 0 Å². The van der Waals surface area contributed by atoms with E-state index in [1.54, 1.807) is 0 Å². The molecule has 0 amide bonds. The minimum Gasteiger partial charge on any atom is -0.459 e. The van der Waals surface area contributed by atoms with E-state index in [4.69, 9.17) is 4.74 Å². The molecule has 0 bridgehead atoms. The maximum absolute atomic E-state index is 11.4. The summed E-state index contributed by atoms with van der Waals surface area (Å²) in [5.74, 6) is 0.428. The van der Waals surface area contributed by atoms with Crippen molar-refractivity contribution in [1.82, 2.24) is 0 Å². The second kappa shape index (κ2) is 2.84. The van der Waals surface area contributed by atoms with Gasteiger partial charge in [0.25, 0.3) is 0 Å². The van der Waals surface area contributed by atoms with E-state index in [-0.39, 0.29) is 24.6 Å². The molecule has 0 aromatic carbocycles. The number of alkyl halides is 3. The topological polar surface area (TPSA) is 26.3 Å². The zero-order valence-electron chi connectivity index (χ0n) is 7.18. The van der Waals surface area contributed by atoms with Crippen molar-refractivity contribution in [1.29, 1.82) is 0 Å². The number of hydrogen-bond acceptors (Lipinski definition) is 2. The monoisotopic (exact) mass is 422 g/mol. The fraction of sp³-hybridized carbons (Fsp3) is 0.875. The van der Waals surface area contributed by atoms with Crippen LogP contribution in [0.3, 0.4) is 0 Å². The van der Waals surface area contributed by atoms with Crippen molar-refractivity contribution < 1.29 is 9.53 Å². The number of hydrogen-bond donors (Lipinski definition) is 0. The van der Waals surface area contributed by atoms with Crippen LogP contribution in [0.5, 0.6) is 0 Å². The Bertz CT molecular complexity index is 272. The van der Waals surface area contributed by atoms with Gasteiger partial charge in [0.05, 0.1) is 5.92 Å². The molecule has 2 nitrogen and oxygen atoms in total. The lowest BCUT2D eigenvalue weighted by Gasteiger charge is -2.24. The maximum atomic E-state index is 11.4. The number of carbonyl (C=O) groups is 1. The molecule has 1 saturated carbocycles. The first-order valence-corrected chi connectivity index (χ1v) is 6.70. The van der Waals surface area contributed by atoms with E-state index in [0.29, 0.717) is 5.92 Å². The van der Waals surface area contributed by atoms with Gasteiger partial charge in [-0.25, -0.2) is 0 Å². The highest BCUT2D eigenvalue weighted by Gasteiger charge is 2.73. The summed E-state index contributed by atoms with van der Waals surface area (Å²) in [5, 5.41) is 0. The molecule has 0 spiro atoms. The smallest absolute Gasteiger partial charge is 0.310 e. The third kappa shape index (κ3) is 1.49. The standard InChI is InChI=1S/C8H9Br2IO2/c1-7(2)3-4(7)6(12)13-5(3)8(9,10)11/h3-5H,1-2H3/t3-,4+,5?/m1/s1. The molecule has 5 heteroatoms. The summed E-state index contributed by atoms with van der Waals surface area (Å²) in [7, 11) is 0. The predicted octanol–water partition coefficient (Wildman–Crippen LogP) is 3.06. The maximum Gasteiger partial charge on any atom is 0.310 e. The minimum atomic E-state index is -0.319. The summed E-state index contributed by atoms with van der Waals surface area (Å²) >= 11 is 9.16. The molecule has 1 aliphatic heterocycles. The van der Waals surface area contributed by atoms with Crippen molar-refractivity contribution in [2.24, 2.45) is 17.3 Å². The van der Waals surface area contributed by atoms with Crippen molar-refractivity contribution in [3.8, 4) is 0 Å². The second-order valence-corrected chi connectivity index (χ2v) is 12.5. The zero-order valence-corrected chi connectivity index (χ0v) is 12.5. The molecular formula is C8H9Br2IO2. The SMILES string of the molecule is CC1(C)[C@@H]2C(=O)OC(C(Br)(Br)I)[C@@H]21. The van der Waals surface area contributed by atoms with Crippen molar-refractivity contribution >= 4 is 60.4 Å². The molecule has 2 rings (SSSR count). The summed E-state index contributed by atoms with van der Waals surface area (Å²) in [6.45, 7) is 4.25. The van der Waals surface area contributed by atoms with Crippen LogP contribution in [0.15, 0.2) is 0 Å². The van der Waals surface area contributed by atoms with Crippen LogP contribution in [-0.4, -0.2) is 13.3 Å². The van der Waals surface area contributed by atoms with Crippen molar-refractivity contribution in [3.05, 3.63) is 0 Å². The number of esters is 1. The highest BCUT2D eigenvalue weighted by Crippen LogP contribution is 2.68. The molecule has 74 valence electrons. The van der Waals surface area contributed by atoms with E-state index in [0.717, 1.165) is 0 Å². The zero-order chi connectivity index (χ0) is 10.0. The highest BCUT2D eigenvalue weighted by atomic mass is 127. The second-order valence-electron chi connectivity index (χ2n) is 4.22. The molecule has 1 saturated heterocycles. The number of rotatable bonds is 1. The fourth-order valence-electron chi connectivity index (χ4n) is 2.24. The van der Waals surface area contributed by atoms with Gasteiger partial charge >= 0.3 is 5.97 Å². The molecule has 13 heavy (non-hydrogen) atoms. The Balaban J connectivity index is 2.24. The predicted molar refractivity (Wildman–Crippen MR) is 65.2 cm³/mol. The van der Waals surface area contributed by atoms with Crippen LogP contribution < -0.4 is 0 Å². The first kappa shape index (κ1) is 10.7. The average molecular weight is 424 g/mol. The van der Waals surface area contributed by atoms with Crippen molar-refractivity contribution in [2.45, 2.75) is 21.2 Å². The average Bonchev–Trinajstić information content (AvgIpc) is 2.35. The Labute approximate surface area is 108 Å². The normalized spacial score (nSPS) is 41.3.